The Balaban J connectivity index is 2.90. The Morgan fingerprint density at radius 3 is 2.75 bits per heavy atom. The van der Waals surface area contributed by atoms with Gasteiger partial charge in [0.05, 0.1) is 0 Å². The quantitative estimate of drug-likeness (QED) is 0.712. The van der Waals surface area contributed by atoms with E-state index in [1.54, 1.807) is 0 Å². The first-order chi connectivity index (χ1) is 7.70. The molecular weight excluding hydrogens is 194 g/mol. The molecule has 0 saturated carbocycles. The van der Waals surface area contributed by atoms with Crippen LogP contribution in [0.5, 0.6) is 0 Å². The average molecular weight is 217 g/mol. The van der Waals surface area contributed by atoms with Gasteiger partial charge in [-0.15, -0.1) is 6.58 Å². The molecule has 0 aliphatic heterocycles. The topological polar surface area (TPSA) is 12.0 Å². The number of rotatable bonds is 6. The van der Waals surface area contributed by atoms with Crippen molar-refractivity contribution >= 4 is 0 Å². The van der Waals surface area contributed by atoms with Crippen molar-refractivity contribution in [3.8, 4) is 0 Å². The highest BCUT2D eigenvalue weighted by atomic mass is 14.9. The lowest BCUT2D eigenvalue weighted by atomic mass is 9.94. The predicted octanol–water partition coefficient (Wildman–Crippen LogP) is 3.92. The summed E-state index contributed by atoms with van der Waals surface area (Å²) < 4.78 is 0. The zero-order valence-corrected chi connectivity index (χ0v) is 10.7. The Morgan fingerprint density at radius 1 is 1.38 bits per heavy atom. The predicted molar refractivity (Wildman–Crippen MR) is 71.8 cm³/mol. The second-order valence-electron chi connectivity index (χ2n) is 4.27. The van der Waals surface area contributed by atoms with Crippen LogP contribution in [0.1, 0.15) is 42.5 Å². The van der Waals surface area contributed by atoms with Gasteiger partial charge in [0.15, 0.2) is 0 Å². The van der Waals surface area contributed by atoms with Crippen molar-refractivity contribution in [2.75, 3.05) is 6.54 Å². The summed E-state index contributed by atoms with van der Waals surface area (Å²) in [5, 5.41) is 3.55. The number of hydrogen-bond acceptors (Lipinski definition) is 1. The van der Waals surface area contributed by atoms with Crippen molar-refractivity contribution in [1.29, 1.82) is 0 Å². The highest BCUT2D eigenvalue weighted by molar-refractivity contribution is 5.35. The minimum atomic E-state index is 0.461. The molecule has 1 aromatic carbocycles. The van der Waals surface area contributed by atoms with Gasteiger partial charge in [0, 0.05) is 6.04 Å². The van der Waals surface area contributed by atoms with Gasteiger partial charge in [0.25, 0.3) is 0 Å². The fourth-order valence-electron chi connectivity index (χ4n) is 2.05. The monoisotopic (exact) mass is 217 g/mol. The highest BCUT2D eigenvalue weighted by Gasteiger charge is 2.12. The van der Waals surface area contributed by atoms with E-state index in [0.717, 1.165) is 19.4 Å². The third-order valence-electron chi connectivity index (χ3n) is 3.13. The molecule has 1 atom stereocenters. The minimum Gasteiger partial charge on any atom is -0.310 e. The molecule has 0 radical (unpaired) electrons. The number of aryl methyl sites for hydroxylation is 1. The first kappa shape index (κ1) is 13.0. The van der Waals surface area contributed by atoms with E-state index >= 15 is 0 Å². The van der Waals surface area contributed by atoms with E-state index in [1.165, 1.54) is 16.7 Å². The molecule has 0 fully saturated rings. The summed E-state index contributed by atoms with van der Waals surface area (Å²) in [4.78, 5) is 0. The van der Waals surface area contributed by atoms with Crippen LogP contribution in [0.2, 0.25) is 0 Å². The van der Waals surface area contributed by atoms with Crippen molar-refractivity contribution in [3.05, 3.63) is 47.5 Å². The molecule has 1 aromatic rings. The molecule has 0 heterocycles. The van der Waals surface area contributed by atoms with Crippen LogP contribution >= 0.6 is 0 Å². The van der Waals surface area contributed by atoms with Crippen LogP contribution < -0.4 is 5.32 Å². The maximum Gasteiger partial charge on any atom is 0.0325 e. The van der Waals surface area contributed by atoms with Gasteiger partial charge in [0.1, 0.15) is 0 Å². The van der Waals surface area contributed by atoms with Crippen LogP contribution in [0.3, 0.4) is 0 Å². The molecule has 1 rings (SSSR count). The molecule has 16 heavy (non-hydrogen) atoms. The van der Waals surface area contributed by atoms with Crippen molar-refractivity contribution in [2.45, 2.75) is 39.7 Å². The standard InChI is InChI=1S/C15H23N/c1-5-7-11-15(16-6-2)14-10-8-9-12(3)13(14)4/h5,8-10,15-16H,1,6-7,11H2,2-4H3. The van der Waals surface area contributed by atoms with Gasteiger partial charge < -0.3 is 5.32 Å². The zero-order valence-electron chi connectivity index (χ0n) is 10.7. The van der Waals surface area contributed by atoms with Gasteiger partial charge in [-0.05, 0) is 49.9 Å². The molecule has 1 heteroatoms. The van der Waals surface area contributed by atoms with Gasteiger partial charge in [0.2, 0.25) is 0 Å². The summed E-state index contributed by atoms with van der Waals surface area (Å²) in [6.45, 7) is 11.4. The van der Waals surface area contributed by atoms with Crippen molar-refractivity contribution in [1.82, 2.24) is 5.32 Å². The van der Waals surface area contributed by atoms with Crippen molar-refractivity contribution in [2.24, 2.45) is 0 Å². The van der Waals surface area contributed by atoms with E-state index in [1.807, 2.05) is 6.08 Å². The Labute approximate surface area is 99.6 Å². The molecule has 0 aliphatic carbocycles. The van der Waals surface area contributed by atoms with E-state index in [-0.39, 0.29) is 0 Å². The first-order valence-electron chi connectivity index (χ1n) is 6.11. The lowest BCUT2D eigenvalue weighted by molar-refractivity contribution is 0.517. The number of allylic oxidation sites excluding steroid dienone is 1. The fourth-order valence-corrected chi connectivity index (χ4v) is 2.05. The van der Waals surface area contributed by atoms with Gasteiger partial charge in [-0.1, -0.05) is 31.2 Å². The molecule has 1 N–H and O–H groups in total. The van der Waals surface area contributed by atoms with Crippen LogP contribution in [0, 0.1) is 13.8 Å². The van der Waals surface area contributed by atoms with Gasteiger partial charge in [-0.25, -0.2) is 0 Å². The van der Waals surface area contributed by atoms with Crippen LogP contribution in [0.25, 0.3) is 0 Å². The summed E-state index contributed by atoms with van der Waals surface area (Å²) in [6, 6.07) is 7.02. The molecule has 0 saturated heterocycles. The molecule has 0 spiro atoms. The zero-order chi connectivity index (χ0) is 12.0. The Kier molecular flexibility index (Phi) is 5.27. The maximum atomic E-state index is 3.80. The molecule has 0 aromatic heterocycles. The second-order valence-corrected chi connectivity index (χ2v) is 4.27. The summed E-state index contributed by atoms with van der Waals surface area (Å²) in [6.07, 6.45) is 4.18. The fraction of sp³-hybridized carbons (Fsp3) is 0.467. The minimum absolute atomic E-state index is 0.461. The van der Waals surface area contributed by atoms with Crippen LogP contribution in [0.15, 0.2) is 30.9 Å². The number of benzene rings is 1. The smallest absolute Gasteiger partial charge is 0.0325 e. The largest absolute Gasteiger partial charge is 0.310 e. The normalized spacial score (nSPS) is 12.4. The number of hydrogen-bond donors (Lipinski definition) is 1. The summed E-state index contributed by atoms with van der Waals surface area (Å²) >= 11 is 0. The molecule has 88 valence electrons. The third-order valence-corrected chi connectivity index (χ3v) is 3.13. The summed E-state index contributed by atoms with van der Waals surface area (Å²) in [5.74, 6) is 0. The second kappa shape index (κ2) is 6.49. The van der Waals surface area contributed by atoms with Crippen molar-refractivity contribution in [3.63, 3.8) is 0 Å². The molecule has 1 nitrogen and oxygen atoms in total. The average Bonchev–Trinajstić information content (AvgIpc) is 2.28. The van der Waals surface area contributed by atoms with Gasteiger partial charge in [-0.3, -0.25) is 0 Å². The highest BCUT2D eigenvalue weighted by Crippen LogP contribution is 2.24. The van der Waals surface area contributed by atoms with Crippen LogP contribution in [-0.4, -0.2) is 6.54 Å². The van der Waals surface area contributed by atoms with Gasteiger partial charge in [-0.2, -0.15) is 0 Å². The number of nitrogens with one attached hydrogen (secondary N) is 1. The Morgan fingerprint density at radius 2 is 2.12 bits per heavy atom. The lowest BCUT2D eigenvalue weighted by Crippen LogP contribution is -2.21. The van der Waals surface area contributed by atoms with E-state index in [4.69, 9.17) is 0 Å². The third kappa shape index (κ3) is 3.21. The van der Waals surface area contributed by atoms with Crippen molar-refractivity contribution < 1.29 is 0 Å². The summed E-state index contributed by atoms with van der Waals surface area (Å²) in [5.41, 5.74) is 4.22. The lowest BCUT2D eigenvalue weighted by Gasteiger charge is -2.20. The molecule has 0 aliphatic rings. The van der Waals surface area contributed by atoms with Crippen LogP contribution in [0.4, 0.5) is 0 Å². The van der Waals surface area contributed by atoms with E-state index in [2.05, 4.69) is 50.9 Å². The first-order valence-corrected chi connectivity index (χ1v) is 6.11. The molecule has 1 unspecified atom stereocenters. The molecule has 0 amide bonds. The molecular formula is C15H23N. The van der Waals surface area contributed by atoms with E-state index in [9.17, 15) is 0 Å². The Bertz CT molecular complexity index is 341. The van der Waals surface area contributed by atoms with E-state index in [0.29, 0.717) is 6.04 Å². The van der Waals surface area contributed by atoms with Crippen LogP contribution in [-0.2, 0) is 0 Å². The van der Waals surface area contributed by atoms with Gasteiger partial charge >= 0.3 is 0 Å². The Hall–Kier alpha value is -1.08. The maximum absolute atomic E-state index is 3.80. The SMILES string of the molecule is C=CCCC(NCC)c1cccc(C)c1C. The van der Waals surface area contributed by atoms with E-state index < -0.39 is 0 Å². The summed E-state index contributed by atoms with van der Waals surface area (Å²) in [7, 11) is 0. The molecule has 0 bridgehead atoms.